The summed E-state index contributed by atoms with van der Waals surface area (Å²) in [6.45, 7) is 3.27. The molecule has 0 aliphatic carbocycles. The smallest absolute Gasteiger partial charge is 0.408 e. The van der Waals surface area contributed by atoms with E-state index >= 15 is 0 Å². The average molecular weight is 445 g/mol. The van der Waals surface area contributed by atoms with E-state index in [0.717, 1.165) is 5.56 Å². The van der Waals surface area contributed by atoms with E-state index in [2.05, 4.69) is 10.7 Å². The summed E-state index contributed by atoms with van der Waals surface area (Å²) < 4.78 is 18.3. The Morgan fingerprint density at radius 3 is 2.37 bits per heavy atom. The summed E-state index contributed by atoms with van der Waals surface area (Å²) in [7, 11) is 0. The normalized spacial score (nSPS) is 12.6. The van der Waals surface area contributed by atoms with Gasteiger partial charge in [0, 0.05) is 6.42 Å². The van der Waals surface area contributed by atoms with Gasteiger partial charge in [-0.25, -0.2) is 14.2 Å². The molecule has 4 amide bonds. The van der Waals surface area contributed by atoms with Gasteiger partial charge in [0.25, 0.3) is 17.4 Å². The summed E-state index contributed by atoms with van der Waals surface area (Å²) in [5.74, 6) is -2.82. The molecule has 0 aromatic heterocycles. The predicted molar refractivity (Wildman–Crippen MR) is 107 cm³/mol. The molecule has 0 spiro atoms. The Hall–Kier alpha value is -2.88. The number of hydrogen-bond acceptors (Lipinski definition) is 5. The van der Waals surface area contributed by atoms with Crippen molar-refractivity contribution in [3.05, 3.63) is 35.9 Å². The van der Waals surface area contributed by atoms with Crippen LogP contribution < -0.4 is 16.5 Å². The van der Waals surface area contributed by atoms with Crippen LogP contribution in [0.4, 0.5) is 9.18 Å². The fourth-order valence-electron chi connectivity index (χ4n) is 2.38. The van der Waals surface area contributed by atoms with Crippen LogP contribution in [-0.4, -0.2) is 47.0 Å². The Morgan fingerprint density at radius 1 is 1.20 bits per heavy atom. The number of rotatable bonds is 10. The lowest BCUT2D eigenvalue weighted by molar-refractivity contribution is -0.144. The Bertz CT molecular complexity index is 733. The van der Waals surface area contributed by atoms with Gasteiger partial charge in [0.15, 0.2) is 0 Å². The maximum absolute atomic E-state index is 13.2. The number of nitrogens with two attached hydrogens (primary N) is 1. The van der Waals surface area contributed by atoms with Crippen LogP contribution in [0.15, 0.2) is 30.3 Å². The van der Waals surface area contributed by atoms with E-state index in [4.69, 9.17) is 22.1 Å². The van der Waals surface area contributed by atoms with Gasteiger partial charge in [0.2, 0.25) is 5.91 Å². The van der Waals surface area contributed by atoms with Gasteiger partial charge in [-0.15, -0.1) is 0 Å². The van der Waals surface area contributed by atoms with Gasteiger partial charge >= 0.3 is 6.09 Å². The molecule has 0 fully saturated rings. The highest BCUT2D eigenvalue weighted by molar-refractivity contribution is 6.29. The Balaban J connectivity index is 2.78. The number of alkyl halides is 2. The van der Waals surface area contributed by atoms with E-state index in [1.807, 2.05) is 19.9 Å². The molecule has 0 radical (unpaired) electrons. The molecule has 1 aromatic rings. The van der Waals surface area contributed by atoms with Crippen molar-refractivity contribution in [2.24, 2.45) is 11.7 Å². The van der Waals surface area contributed by atoms with Crippen LogP contribution >= 0.6 is 11.6 Å². The van der Waals surface area contributed by atoms with Crippen LogP contribution in [0.3, 0.4) is 0 Å². The molecule has 0 heterocycles. The van der Waals surface area contributed by atoms with Crippen LogP contribution in [-0.2, 0) is 25.7 Å². The number of carbonyl (C=O) groups excluding carboxylic acids is 4. The second-order valence-corrected chi connectivity index (χ2v) is 7.25. The van der Waals surface area contributed by atoms with Crippen molar-refractivity contribution < 1.29 is 28.3 Å². The molecule has 30 heavy (non-hydrogen) atoms. The molecule has 0 aliphatic rings. The van der Waals surface area contributed by atoms with E-state index in [9.17, 15) is 23.6 Å². The highest BCUT2D eigenvalue weighted by Gasteiger charge is 2.28. The molecule has 1 unspecified atom stereocenters. The number of carbonyl (C=O) groups is 4. The monoisotopic (exact) mass is 444 g/mol. The zero-order chi connectivity index (χ0) is 22.7. The van der Waals surface area contributed by atoms with Gasteiger partial charge in [0.05, 0.1) is 6.54 Å². The third-order valence-corrected chi connectivity index (χ3v) is 3.99. The van der Waals surface area contributed by atoms with E-state index in [-0.39, 0.29) is 31.9 Å². The fourth-order valence-corrected chi connectivity index (χ4v) is 2.50. The number of alkyl carbamates (subject to hydrolysis) is 1. The summed E-state index contributed by atoms with van der Waals surface area (Å²) in [5, 5.41) is 2.99. The van der Waals surface area contributed by atoms with Crippen molar-refractivity contribution in [1.29, 1.82) is 0 Å². The van der Waals surface area contributed by atoms with Gasteiger partial charge in [-0.3, -0.25) is 19.8 Å². The second kappa shape index (κ2) is 12.6. The summed E-state index contributed by atoms with van der Waals surface area (Å²) in [5.41, 5.74) is 5.55. The quantitative estimate of drug-likeness (QED) is 0.372. The third kappa shape index (κ3) is 9.55. The zero-order valence-corrected chi connectivity index (χ0v) is 17.5. The molecule has 9 nitrogen and oxygen atoms in total. The predicted octanol–water partition coefficient (Wildman–Crippen LogP) is 1.60. The number of hydrogen-bond donors (Lipinski definition) is 3. The number of ether oxygens (including phenoxy) is 1. The van der Waals surface area contributed by atoms with Crippen molar-refractivity contribution in [3.63, 3.8) is 0 Å². The first-order valence-corrected chi connectivity index (χ1v) is 9.69. The minimum Gasteiger partial charge on any atom is -0.445 e. The Labute approximate surface area is 179 Å². The number of nitrogens with one attached hydrogen (secondary N) is 2. The molecular formula is C19H26ClFN4O5. The molecule has 0 saturated carbocycles. The molecule has 1 aromatic carbocycles. The number of benzene rings is 1. The van der Waals surface area contributed by atoms with Crippen molar-refractivity contribution in [2.75, 3.05) is 6.54 Å². The van der Waals surface area contributed by atoms with E-state index < -0.39 is 35.5 Å². The second-order valence-electron chi connectivity index (χ2n) is 6.87. The standard InChI is InChI=1S/C19H26ClFN4O5/c1-12(2)10-14(23-19(29)30-11-13-6-4-3-5-7-13)17(27)24-25(9-8-15(22)26)18(28)16(20)21/h3-7,12,14,16H,8-11H2,1-2H3,(H2,22,26)(H,23,29)(H,24,27)/t14-,16?/m1/s1. The molecule has 0 saturated heterocycles. The van der Waals surface area contributed by atoms with Crippen molar-refractivity contribution in [2.45, 2.75) is 45.0 Å². The largest absolute Gasteiger partial charge is 0.445 e. The van der Waals surface area contributed by atoms with E-state index in [0.29, 0.717) is 5.01 Å². The van der Waals surface area contributed by atoms with Gasteiger partial charge in [-0.05, 0) is 17.9 Å². The maximum atomic E-state index is 13.2. The SMILES string of the molecule is CC(C)C[C@@H](NC(=O)OCc1ccccc1)C(=O)NN(CCC(N)=O)C(=O)C(F)Cl. The molecular weight excluding hydrogens is 419 g/mol. The van der Waals surface area contributed by atoms with Crippen LogP contribution in [0.5, 0.6) is 0 Å². The molecule has 11 heteroatoms. The summed E-state index contributed by atoms with van der Waals surface area (Å²) in [6.07, 6.45) is -0.948. The highest BCUT2D eigenvalue weighted by Crippen LogP contribution is 2.08. The zero-order valence-electron chi connectivity index (χ0n) is 16.8. The lowest BCUT2D eigenvalue weighted by Crippen LogP contribution is -2.56. The van der Waals surface area contributed by atoms with Gasteiger partial charge in [-0.2, -0.15) is 0 Å². The summed E-state index contributed by atoms with van der Waals surface area (Å²) >= 11 is 5.15. The number of nitrogens with zero attached hydrogens (tertiary/aromatic N) is 1. The first kappa shape index (κ1) is 25.2. The third-order valence-electron chi connectivity index (χ3n) is 3.81. The van der Waals surface area contributed by atoms with Gasteiger partial charge in [-0.1, -0.05) is 55.8 Å². The molecule has 1 rings (SSSR count). The molecule has 2 atom stereocenters. The van der Waals surface area contributed by atoms with Crippen LogP contribution in [0.25, 0.3) is 0 Å². The lowest BCUT2D eigenvalue weighted by atomic mass is 10.0. The summed E-state index contributed by atoms with van der Waals surface area (Å²) in [4.78, 5) is 47.6. The Morgan fingerprint density at radius 2 is 1.83 bits per heavy atom. The minimum absolute atomic E-state index is 0.00168. The molecule has 0 bridgehead atoms. The van der Waals surface area contributed by atoms with Gasteiger partial charge in [0.1, 0.15) is 12.6 Å². The van der Waals surface area contributed by atoms with Gasteiger partial charge < -0.3 is 15.8 Å². The van der Waals surface area contributed by atoms with Crippen LogP contribution in [0.2, 0.25) is 0 Å². The van der Waals surface area contributed by atoms with Crippen molar-refractivity contribution >= 4 is 35.4 Å². The number of halogens is 2. The van der Waals surface area contributed by atoms with E-state index in [1.54, 1.807) is 24.3 Å². The lowest BCUT2D eigenvalue weighted by Gasteiger charge is -2.26. The minimum atomic E-state index is -2.43. The highest BCUT2D eigenvalue weighted by atomic mass is 35.5. The topological polar surface area (TPSA) is 131 Å². The van der Waals surface area contributed by atoms with Crippen LogP contribution in [0, 0.1) is 5.92 Å². The first-order chi connectivity index (χ1) is 14.1. The summed E-state index contributed by atoms with van der Waals surface area (Å²) in [6, 6.07) is 7.86. The number of amides is 4. The Kier molecular flexibility index (Phi) is 10.6. The molecule has 166 valence electrons. The molecule has 4 N–H and O–H groups in total. The first-order valence-electron chi connectivity index (χ1n) is 9.25. The number of hydrazine groups is 1. The van der Waals surface area contributed by atoms with Crippen molar-refractivity contribution in [1.82, 2.24) is 15.8 Å². The maximum Gasteiger partial charge on any atom is 0.408 e. The average Bonchev–Trinajstić information content (AvgIpc) is 2.68. The fraction of sp³-hybridized carbons (Fsp3) is 0.474. The number of primary amides is 1. The van der Waals surface area contributed by atoms with E-state index in [1.165, 1.54) is 0 Å². The van der Waals surface area contributed by atoms with Crippen LogP contribution in [0.1, 0.15) is 32.3 Å². The molecule has 0 aliphatic heterocycles. The van der Waals surface area contributed by atoms with Crippen molar-refractivity contribution in [3.8, 4) is 0 Å².